The van der Waals surface area contributed by atoms with Gasteiger partial charge in [0.25, 0.3) is 5.69 Å². The lowest BCUT2D eigenvalue weighted by Crippen LogP contribution is -2.13. The topological polar surface area (TPSA) is 99.4 Å². The second-order valence-corrected chi connectivity index (χ2v) is 8.07. The number of esters is 1. The molecule has 0 unspecified atom stereocenters. The molecule has 144 valence electrons. The molecule has 2 aromatic carbocycles. The van der Waals surface area contributed by atoms with Crippen LogP contribution in [0.4, 0.5) is 5.69 Å². The summed E-state index contributed by atoms with van der Waals surface area (Å²) in [6.07, 6.45) is 0. The molecule has 0 fully saturated rings. The number of fused-ring (bicyclic) bond motifs is 1. The first-order chi connectivity index (χ1) is 14.0. The second-order valence-electron chi connectivity index (χ2n) is 5.96. The minimum absolute atomic E-state index is 0.119. The lowest BCUT2D eigenvalue weighted by Gasteiger charge is -2.03. The molecule has 29 heavy (non-hydrogen) atoms. The Morgan fingerprint density at radius 3 is 2.66 bits per heavy atom. The van der Waals surface area contributed by atoms with Gasteiger partial charge < -0.3 is 4.74 Å². The van der Waals surface area contributed by atoms with Crippen molar-refractivity contribution in [3.05, 3.63) is 81.2 Å². The van der Waals surface area contributed by atoms with E-state index in [1.54, 1.807) is 12.1 Å². The highest BCUT2D eigenvalue weighted by Gasteiger charge is 2.17. The van der Waals surface area contributed by atoms with Crippen molar-refractivity contribution in [2.45, 2.75) is 0 Å². The molecule has 2 heterocycles. The fraction of sp³-hybridized carbons (Fsp3) is 0.0500. The van der Waals surface area contributed by atoms with Gasteiger partial charge in [-0.3, -0.25) is 14.9 Å². The Balaban J connectivity index is 1.43. The third kappa shape index (κ3) is 4.05. The van der Waals surface area contributed by atoms with Crippen LogP contribution in [-0.4, -0.2) is 28.3 Å². The predicted molar refractivity (Wildman–Crippen MR) is 111 cm³/mol. The Kier molecular flexibility index (Phi) is 5.15. The Bertz CT molecular complexity index is 1210. The minimum atomic E-state index is -0.624. The molecule has 4 rings (SSSR count). The van der Waals surface area contributed by atoms with Gasteiger partial charge in [-0.05, 0) is 24.3 Å². The number of nitro groups is 1. The average Bonchev–Trinajstić information content (AvgIpc) is 3.38. The molecule has 0 radical (unpaired) electrons. The molecule has 0 amide bonds. The smallest absolute Gasteiger partial charge is 0.348 e. The number of non-ortho nitro benzene ring substituents is 1. The number of benzene rings is 2. The highest BCUT2D eigenvalue weighted by molar-refractivity contribution is 7.26. The highest BCUT2D eigenvalue weighted by Crippen LogP contribution is 2.34. The normalized spacial score (nSPS) is 10.8. The van der Waals surface area contributed by atoms with Crippen molar-refractivity contribution in [3.8, 4) is 9.88 Å². The van der Waals surface area contributed by atoms with E-state index in [-0.39, 0.29) is 11.3 Å². The van der Waals surface area contributed by atoms with Crippen molar-refractivity contribution in [2.75, 3.05) is 6.61 Å². The summed E-state index contributed by atoms with van der Waals surface area (Å²) in [5.74, 6) is -1.13. The van der Waals surface area contributed by atoms with E-state index in [0.717, 1.165) is 26.2 Å². The third-order valence-corrected chi connectivity index (χ3v) is 6.30. The first-order valence-electron chi connectivity index (χ1n) is 8.42. The summed E-state index contributed by atoms with van der Waals surface area (Å²) >= 11 is 2.77. The van der Waals surface area contributed by atoms with E-state index in [0.29, 0.717) is 4.88 Å². The quantitative estimate of drug-likeness (QED) is 0.187. The Labute approximate surface area is 172 Å². The number of nitro benzene ring substituents is 1. The SMILES string of the molecule is O=C(COC(=O)c1ccc(-c2nc3ccccc3s2)s1)c1cccc([N+](=O)[O-])c1. The summed E-state index contributed by atoms with van der Waals surface area (Å²) < 4.78 is 6.15. The summed E-state index contributed by atoms with van der Waals surface area (Å²) in [7, 11) is 0. The summed E-state index contributed by atoms with van der Waals surface area (Å²) in [4.78, 5) is 40.4. The van der Waals surface area contributed by atoms with Gasteiger partial charge in [0, 0.05) is 17.7 Å². The number of para-hydroxylation sites is 1. The predicted octanol–water partition coefficient (Wildman–Crippen LogP) is 4.97. The standard InChI is InChI=1S/C20H12N2O5S2/c23-15(12-4-3-5-13(10-12)22(25)26)11-27-20(24)18-9-8-17(28-18)19-21-14-6-1-2-7-16(14)29-19/h1-10H,11H2. The number of carbonyl (C=O) groups is 2. The van der Waals surface area contributed by atoms with Crippen LogP contribution in [0.25, 0.3) is 20.1 Å². The first-order valence-corrected chi connectivity index (χ1v) is 10.0. The Morgan fingerprint density at radius 2 is 1.86 bits per heavy atom. The molecule has 0 saturated heterocycles. The van der Waals surface area contributed by atoms with Gasteiger partial charge >= 0.3 is 5.97 Å². The van der Waals surface area contributed by atoms with Crippen molar-refractivity contribution < 1.29 is 19.2 Å². The van der Waals surface area contributed by atoms with E-state index in [9.17, 15) is 19.7 Å². The van der Waals surface area contributed by atoms with Gasteiger partial charge in [-0.2, -0.15) is 0 Å². The maximum atomic E-state index is 12.3. The molecule has 0 bridgehead atoms. The molecule has 0 spiro atoms. The number of hydrogen-bond donors (Lipinski definition) is 0. The highest BCUT2D eigenvalue weighted by atomic mass is 32.1. The van der Waals surface area contributed by atoms with Gasteiger partial charge in [-0.15, -0.1) is 22.7 Å². The summed E-state index contributed by atoms with van der Waals surface area (Å²) in [6.45, 7) is -0.492. The van der Waals surface area contributed by atoms with Gasteiger partial charge in [0.2, 0.25) is 5.78 Å². The molecule has 0 aliphatic heterocycles. The van der Waals surface area contributed by atoms with Crippen LogP contribution < -0.4 is 0 Å². The fourth-order valence-corrected chi connectivity index (χ4v) is 4.54. The van der Waals surface area contributed by atoms with Crippen molar-refractivity contribution in [3.63, 3.8) is 0 Å². The van der Waals surface area contributed by atoms with Crippen LogP contribution in [0, 0.1) is 10.1 Å². The average molecular weight is 424 g/mol. The van der Waals surface area contributed by atoms with Gasteiger partial charge in [-0.25, -0.2) is 9.78 Å². The number of carbonyl (C=O) groups excluding carboxylic acids is 2. The van der Waals surface area contributed by atoms with Crippen LogP contribution in [0.1, 0.15) is 20.0 Å². The first kappa shape index (κ1) is 18.9. The number of hydrogen-bond acceptors (Lipinski definition) is 8. The zero-order chi connectivity index (χ0) is 20.4. The third-order valence-electron chi connectivity index (χ3n) is 4.03. The second kappa shape index (κ2) is 7.90. The molecule has 2 aromatic heterocycles. The molecule has 0 aliphatic carbocycles. The van der Waals surface area contributed by atoms with E-state index in [2.05, 4.69) is 4.98 Å². The molecular formula is C20H12N2O5S2. The van der Waals surface area contributed by atoms with Crippen molar-refractivity contribution in [2.24, 2.45) is 0 Å². The van der Waals surface area contributed by atoms with Crippen LogP contribution in [-0.2, 0) is 4.74 Å². The van der Waals surface area contributed by atoms with Crippen LogP contribution in [0.15, 0.2) is 60.7 Å². The molecule has 7 nitrogen and oxygen atoms in total. The van der Waals surface area contributed by atoms with Crippen LogP contribution in [0.3, 0.4) is 0 Å². The van der Waals surface area contributed by atoms with Gasteiger partial charge in [0.1, 0.15) is 9.88 Å². The maximum Gasteiger partial charge on any atom is 0.348 e. The number of thiophene rings is 1. The maximum absolute atomic E-state index is 12.3. The van der Waals surface area contributed by atoms with E-state index in [4.69, 9.17) is 4.74 Å². The number of rotatable bonds is 6. The number of Topliss-reactive ketones (excluding diaryl/α,β-unsaturated/α-hetero) is 1. The van der Waals surface area contributed by atoms with Crippen molar-refractivity contribution in [1.82, 2.24) is 4.98 Å². The lowest BCUT2D eigenvalue weighted by atomic mass is 10.1. The van der Waals surface area contributed by atoms with E-state index in [1.807, 2.05) is 24.3 Å². The molecule has 0 saturated carbocycles. The number of ether oxygens (including phenoxy) is 1. The fourth-order valence-electron chi connectivity index (χ4n) is 2.62. The van der Waals surface area contributed by atoms with Gasteiger partial charge in [-0.1, -0.05) is 24.3 Å². The largest absolute Gasteiger partial charge is 0.453 e. The summed E-state index contributed by atoms with van der Waals surface area (Å²) in [5.41, 5.74) is 0.821. The Hall–Kier alpha value is -3.43. The summed E-state index contributed by atoms with van der Waals surface area (Å²) in [6, 6.07) is 16.5. The lowest BCUT2D eigenvalue weighted by molar-refractivity contribution is -0.384. The van der Waals surface area contributed by atoms with Crippen LogP contribution in [0.2, 0.25) is 0 Å². The number of nitrogens with zero attached hydrogens (tertiary/aromatic N) is 2. The van der Waals surface area contributed by atoms with Crippen LogP contribution in [0.5, 0.6) is 0 Å². The minimum Gasteiger partial charge on any atom is -0.453 e. The number of aromatic nitrogens is 1. The molecule has 9 heteroatoms. The number of thiazole rings is 1. The van der Waals surface area contributed by atoms with Crippen molar-refractivity contribution in [1.29, 1.82) is 0 Å². The van der Waals surface area contributed by atoms with Gasteiger partial charge in [0.15, 0.2) is 6.61 Å². The molecule has 0 aliphatic rings. The zero-order valence-corrected chi connectivity index (χ0v) is 16.4. The zero-order valence-electron chi connectivity index (χ0n) is 14.7. The van der Waals surface area contributed by atoms with Gasteiger partial charge in [0.05, 0.1) is 20.0 Å². The summed E-state index contributed by atoms with van der Waals surface area (Å²) in [5, 5.41) is 11.6. The Morgan fingerprint density at radius 1 is 1.03 bits per heavy atom. The number of ketones is 1. The van der Waals surface area contributed by atoms with E-state index >= 15 is 0 Å². The van der Waals surface area contributed by atoms with Crippen LogP contribution >= 0.6 is 22.7 Å². The van der Waals surface area contributed by atoms with E-state index < -0.39 is 23.3 Å². The molecular weight excluding hydrogens is 412 g/mol. The molecule has 0 N–H and O–H groups in total. The monoisotopic (exact) mass is 424 g/mol. The van der Waals surface area contributed by atoms with Crippen molar-refractivity contribution >= 4 is 50.3 Å². The molecule has 4 aromatic rings. The molecule has 0 atom stereocenters. The van der Waals surface area contributed by atoms with E-state index in [1.165, 1.54) is 40.9 Å².